The standard InChI is InChI=1S/C25H26N4O4S/c1-18(2)28(3)34(31,32)21-13-11-19(12-14-21)17-26-25(30)23-16-22(24-10-7-15-33-24)27-29(23)20-8-5-4-6-9-20/h4-16,18H,17H2,1-3H3,(H,26,30). The first-order valence-corrected chi connectivity index (χ1v) is 12.3. The van der Waals surface area contributed by atoms with E-state index in [1.807, 2.05) is 44.2 Å². The number of aromatic nitrogens is 2. The molecule has 0 fully saturated rings. The lowest BCUT2D eigenvalue weighted by Crippen LogP contribution is -2.33. The molecule has 1 N–H and O–H groups in total. The molecule has 0 radical (unpaired) electrons. The maximum Gasteiger partial charge on any atom is 0.270 e. The number of rotatable bonds is 8. The number of carbonyl (C=O) groups excluding carboxylic acids is 1. The van der Waals surface area contributed by atoms with Gasteiger partial charge in [0.05, 0.1) is 16.8 Å². The van der Waals surface area contributed by atoms with Crippen molar-refractivity contribution in [3.8, 4) is 17.1 Å². The minimum Gasteiger partial charge on any atom is -0.463 e. The van der Waals surface area contributed by atoms with Crippen LogP contribution in [0.4, 0.5) is 0 Å². The molecule has 176 valence electrons. The molecule has 0 bridgehead atoms. The number of para-hydroxylation sites is 1. The van der Waals surface area contributed by atoms with Gasteiger partial charge in [-0.15, -0.1) is 0 Å². The zero-order chi connectivity index (χ0) is 24.3. The number of furan rings is 1. The van der Waals surface area contributed by atoms with Crippen LogP contribution >= 0.6 is 0 Å². The molecular formula is C25H26N4O4S. The number of hydrogen-bond acceptors (Lipinski definition) is 5. The minimum absolute atomic E-state index is 0.149. The van der Waals surface area contributed by atoms with Crippen LogP contribution in [0.5, 0.6) is 0 Å². The van der Waals surface area contributed by atoms with Crippen molar-refractivity contribution in [2.45, 2.75) is 31.3 Å². The van der Waals surface area contributed by atoms with E-state index < -0.39 is 10.0 Å². The molecule has 2 aromatic carbocycles. The topological polar surface area (TPSA) is 97.4 Å². The molecule has 8 nitrogen and oxygen atoms in total. The second-order valence-corrected chi connectivity index (χ2v) is 10.1. The molecule has 0 aliphatic rings. The van der Waals surface area contributed by atoms with Crippen molar-refractivity contribution in [2.24, 2.45) is 0 Å². The normalized spacial score (nSPS) is 11.8. The number of amides is 1. The molecule has 4 aromatic rings. The van der Waals surface area contributed by atoms with Crippen molar-refractivity contribution in [3.63, 3.8) is 0 Å². The Labute approximate surface area is 198 Å². The highest BCUT2D eigenvalue weighted by Gasteiger charge is 2.23. The van der Waals surface area contributed by atoms with E-state index in [9.17, 15) is 13.2 Å². The molecule has 2 heterocycles. The summed E-state index contributed by atoms with van der Waals surface area (Å²) in [5.74, 6) is 0.247. The number of hydrogen-bond donors (Lipinski definition) is 1. The lowest BCUT2D eigenvalue weighted by atomic mass is 10.2. The molecule has 0 unspecified atom stereocenters. The SMILES string of the molecule is CC(C)N(C)S(=O)(=O)c1ccc(CNC(=O)c2cc(-c3ccco3)nn2-c2ccccc2)cc1. The van der Waals surface area contributed by atoms with Crippen LogP contribution in [0.15, 0.2) is 88.4 Å². The van der Waals surface area contributed by atoms with E-state index in [-0.39, 0.29) is 23.4 Å². The highest BCUT2D eigenvalue weighted by atomic mass is 32.2. The Bertz CT molecular complexity index is 1360. The summed E-state index contributed by atoms with van der Waals surface area (Å²) in [6, 6.07) is 20.9. The van der Waals surface area contributed by atoms with Crippen LogP contribution in [0.3, 0.4) is 0 Å². The third-order valence-electron chi connectivity index (χ3n) is 5.50. The van der Waals surface area contributed by atoms with E-state index in [0.717, 1.165) is 11.3 Å². The average Bonchev–Trinajstić information content (AvgIpc) is 3.53. The second kappa shape index (κ2) is 9.66. The monoisotopic (exact) mass is 478 g/mol. The van der Waals surface area contributed by atoms with Gasteiger partial charge in [-0.25, -0.2) is 13.1 Å². The molecule has 0 saturated heterocycles. The van der Waals surface area contributed by atoms with Crippen molar-refractivity contribution in [1.82, 2.24) is 19.4 Å². The molecule has 34 heavy (non-hydrogen) atoms. The summed E-state index contributed by atoms with van der Waals surface area (Å²) in [5.41, 5.74) is 2.42. The molecule has 0 saturated carbocycles. The molecule has 9 heteroatoms. The van der Waals surface area contributed by atoms with Gasteiger partial charge < -0.3 is 9.73 Å². The molecule has 0 spiro atoms. The summed E-state index contributed by atoms with van der Waals surface area (Å²) in [6.07, 6.45) is 1.55. The quantitative estimate of drug-likeness (QED) is 0.411. The Morgan fingerprint density at radius 1 is 1.06 bits per heavy atom. The Balaban J connectivity index is 1.53. The zero-order valence-electron chi connectivity index (χ0n) is 19.2. The van der Waals surface area contributed by atoms with Gasteiger partial charge in [-0.2, -0.15) is 9.40 Å². The third kappa shape index (κ3) is 4.80. The summed E-state index contributed by atoms with van der Waals surface area (Å²) in [6.45, 7) is 3.87. The van der Waals surface area contributed by atoms with Gasteiger partial charge in [0.1, 0.15) is 11.4 Å². The molecule has 0 atom stereocenters. The van der Waals surface area contributed by atoms with E-state index in [1.165, 1.54) is 4.31 Å². The van der Waals surface area contributed by atoms with Crippen LogP contribution in [0, 0.1) is 0 Å². The molecule has 2 aromatic heterocycles. The van der Waals surface area contributed by atoms with E-state index in [1.54, 1.807) is 60.5 Å². The van der Waals surface area contributed by atoms with Gasteiger partial charge in [0.15, 0.2) is 5.76 Å². The third-order valence-corrected chi connectivity index (χ3v) is 7.54. The summed E-state index contributed by atoms with van der Waals surface area (Å²) in [5, 5.41) is 7.45. The van der Waals surface area contributed by atoms with Gasteiger partial charge in [0, 0.05) is 25.7 Å². The first kappa shape index (κ1) is 23.5. The van der Waals surface area contributed by atoms with Crippen LogP contribution in [0.25, 0.3) is 17.1 Å². The second-order valence-electron chi connectivity index (χ2n) is 8.08. The average molecular weight is 479 g/mol. The van der Waals surface area contributed by atoms with Gasteiger partial charge in [-0.3, -0.25) is 4.79 Å². The number of carbonyl (C=O) groups is 1. The maximum atomic E-state index is 13.1. The zero-order valence-corrected chi connectivity index (χ0v) is 20.0. The van der Waals surface area contributed by atoms with Crippen LogP contribution in [0.1, 0.15) is 29.9 Å². The largest absolute Gasteiger partial charge is 0.463 e. The molecule has 0 aliphatic heterocycles. The van der Waals surface area contributed by atoms with Crippen molar-refractivity contribution < 1.29 is 17.6 Å². The van der Waals surface area contributed by atoms with E-state index in [2.05, 4.69) is 10.4 Å². The van der Waals surface area contributed by atoms with Gasteiger partial charge in [0.2, 0.25) is 10.0 Å². The predicted octanol–water partition coefficient (Wildman–Crippen LogP) is 4.09. The van der Waals surface area contributed by atoms with Crippen molar-refractivity contribution in [1.29, 1.82) is 0 Å². The Morgan fingerprint density at radius 3 is 2.38 bits per heavy atom. The van der Waals surface area contributed by atoms with Crippen LogP contribution in [-0.4, -0.2) is 41.5 Å². The fourth-order valence-corrected chi connectivity index (χ4v) is 4.72. The first-order chi connectivity index (χ1) is 16.3. The highest BCUT2D eigenvalue weighted by molar-refractivity contribution is 7.89. The van der Waals surface area contributed by atoms with Crippen LogP contribution in [-0.2, 0) is 16.6 Å². The Kier molecular flexibility index (Phi) is 6.67. The van der Waals surface area contributed by atoms with Crippen molar-refractivity contribution >= 4 is 15.9 Å². The predicted molar refractivity (Wildman–Crippen MR) is 129 cm³/mol. The highest BCUT2D eigenvalue weighted by Crippen LogP contribution is 2.22. The summed E-state index contributed by atoms with van der Waals surface area (Å²) in [7, 11) is -2.00. The van der Waals surface area contributed by atoms with Gasteiger partial charge >= 0.3 is 0 Å². The lowest BCUT2D eigenvalue weighted by molar-refractivity contribution is 0.0943. The Hall–Kier alpha value is -3.69. The Morgan fingerprint density at radius 2 is 1.76 bits per heavy atom. The van der Waals surface area contributed by atoms with E-state index in [0.29, 0.717) is 17.1 Å². The van der Waals surface area contributed by atoms with E-state index in [4.69, 9.17) is 4.42 Å². The fourth-order valence-electron chi connectivity index (χ4n) is 3.35. The molecular weight excluding hydrogens is 452 g/mol. The van der Waals surface area contributed by atoms with Gasteiger partial charge in [-0.1, -0.05) is 30.3 Å². The molecule has 4 rings (SSSR count). The smallest absolute Gasteiger partial charge is 0.270 e. The minimum atomic E-state index is -3.56. The number of benzene rings is 2. The first-order valence-electron chi connectivity index (χ1n) is 10.8. The summed E-state index contributed by atoms with van der Waals surface area (Å²) < 4.78 is 33.6. The molecule has 0 aliphatic carbocycles. The number of nitrogens with zero attached hydrogens (tertiary/aromatic N) is 3. The summed E-state index contributed by atoms with van der Waals surface area (Å²) in [4.78, 5) is 13.3. The van der Waals surface area contributed by atoms with Crippen LogP contribution < -0.4 is 5.32 Å². The number of nitrogens with one attached hydrogen (secondary N) is 1. The number of sulfonamides is 1. The van der Waals surface area contributed by atoms with Crippen molar-refractivity contribution in [2.75, 3.05) is 7.05 Å². The van der Waals surface area contributed by atoms with Crippen LogP contribution in [0.2, 0.25) is 0 Å². The van der Waals surface area contributed by atoms with E-state index >= 15 is 0 Å². The maximum absolute atomic E-state index is 13.1. The van der Waals surface area contributed by atoms with Crippen molar-refractivity contribution in [3.05, 3.63) is 90.3 Å². The molecule has 1 amide bonds. The van der Waals surface area contributed by atoms with Gasteiger partial charge in [0.25, 0.3) is 5.91 Å². The lowest BCUT2D eigenvalue weighted by Gasteiger charge is -2.21. The van der Waals surface area contributed by atoms with Gasteiger partial charge in [-0.05, 0) is 55.8 Å². The summed E-state index contributed by atoms with van der Waals surface area (Å²) >= 11 is 0. The fraction of sp³-hybridized carbons (Fsp3) is 0.200.